The number of rotatable bonds is 4. The zero-order valence-corrected chi connectivity index (χ0v) is 10.1. The summed E-state index contributed by atoms with van der Waals surface area (Å²) in [5.41, 5.74) is 1.18. The van der Waals surface area contributed by atoms with Crippen LogP contribution in [-0.2, 0) is 7.05 Å². The van der Waals surface area contributed by atoms with Gasteiger partial charge < -0.3 is 5.32 Å². The summed E-state index contributed by atoms with van der Waals surface area (Å²) in [6.45, 7) is 3.12. The van der Waals surface area contributed by atoms with E-state index in [4.69, 9.17) is 0 Å². The van der Waals surface area contributed by atoms with Crippen LogP contribution in [0.3, 0.4) is 0 Å². The molecule has 0 spiro atoms. The Kier molecular flexibility index (Phi) is 2.88. The van der Waals surface area contributed by atoms with Crippen molar-refractivity contribution in [1.29, 1.82) is 0 Å². The molecular formula is C9H15BrN4. The van der Waals surface area contributed by atoms with Crippen molar-refractivity contribution in [1.82, 2.24) is 20.3 Å². The molecule has 1 atom stereocenters. The van der Waals surface area contributed by atoms with Gasteiger partial charge in [0.25, 0.3) is 0 Å². The Labute approximate surface area is 92.2 Å². The number of hydrogen-bond acceptors (Lipinski definition) is 3. The topological polar surface area (TPSA) is 42.7 Å². The summed E-state index contributed by atoms with van der Waals surface area (Å²) >= 11 is 3.45. The van der Waals surface area contributed by atoms with Crippen LogP contribution in [0, 0.1) is 5.92 Å². The zero-order chi connectivity index (χ0) is 10.1. The minimum Gasteiger partial charge on any atom is -0.309 e. The van der Waals surface area contributed by atoms with Gasteiger partial charge in [-0.2, -0.15) is 0 Å². The van der Waals surface area contributed by atoms with Crippen LogP contribution in [0.5, 0.6) is 0 Å². The van der Waals surface area contributed by atoms with Crippen LogP contribution < -0.4 is 5.32 Å². The summed E-state index contributed by atoms with van der Waals surface area (Å²) in [5, 5.41) is 11.5. The van der Waals surface area contributed by atoms with Gasteiger partial charge in [-0.3, -0.25) is 0 Å². The Balaban J connectivity index is 2.24. The third-order valence-corrected chi connectivity index (χ3v) is 3.20. The first-order valence-electron chi connectivity index (χ1n) is 5.02. The molecule has 78 valence electrons. The maximum atomic E-state index is 4.02. The van der Waals surface area contributed by atoms with E-state index in [9.17, 15) is 0 Å². The van der Waals surface area contributed by atoms with Crippen molar-refractivity contribution in [2.45, 2.75) is 25.8 Å². The van der Waals surface area contributed by atoms with Crippen molar-refractivity contribution in [3.8, 4) is 0 Å². The molecule has 14 heavy (non-hydrogen) atoms. The number of aryl methyl sites for hydroxylation is 1. The van der Waals surface area contributed by atoms with Crippen molar-refractivity contribution < 1.29 is 0 Å². The first kappa shape index (κ1) is 10.1. The molecule has 1 aliphatic rings. The normalized spacial score (nSPS) is 18.5. The SMILES string of the molecule is CCNC(c1c(Br)nnn1C)C1CC1. The van der Waals surface area contributed by atoms with Crippen molar-refractivity contribution in [3.05, 3.63) is 10.3 Å². The molecule has 1 heterocycles. The van der Waals surface area contributed by atoms with E-state index in [0.29, 0.717) is 6.04 Å². The minimum absolute atomic E-state index is 0.411. The predicted molar refractivity (Wildman–Crippen MR) is 57.8 cm³/mol. The number of nitrogens with zero attached hydrogens (tertiary/aromatic N) is 3. The standard InChI is InChI=1S/C9H15BrN4/c1-3-11-7(6-4-5-6)8-9(10)12-13-14(8)2/h6-7,11H,3-5H2,1-2H3. The van der Waals surface area contributed by atoms with E-state index in [1.54, 1.807) is 0 Å². The molecule has 4 nitrogen and oxygen atoms in total. The molecule has 0 saturated heterocycles. The van der Waals surface area contributed by atoms with Gasteiger partial charge in [0, 0.05) is 7.05 Å². The molecule has 1 fully saturated rings. The summed E-state index contributed by atoms with van der Waals surface area (Å²) in [5.74, 6) is 0.767. The third kappa shape index (κ3) is 1.83. The highest BCUT2D eigenvalue weighted by Crippen LogP contribution is 2.42. The molecule has 1 saturated carbocycles. The van der Waals surface area contributed by atoms with Crippen LogP contribution >= 0.6 is 15.9 Å². The van der Waals surface area contributed by atoms with Crippen molar-refractivity contribution in [3.63, 3.8) is 0 Å². The van der Waals surface area contributed by atoms with Gasteiger partial charge >= 0.3 is 0 Å². The maximum absolute atomic E-state index is 4.02. The lowest BCUT2D eigenvalue weighted by Gasteiger charge is -2.17. The van der Waals surface area contributed by atoms with E-state index in [-0.39, 0.29) is 0 Å². The highest BCUT2D eigenvalue weighted by atomic mass is 79.9. The summed E-state index contributed by atoms with van der Waals surface area (Å²) < 4.78 is 2.73. The van der Waals surface area contributed by atoms with E-state index in [1.165, 1.54) is 18.5 Å². The molecule has 1 aromatic rings. The second kappa shape index (κ2) is 3.98. The number of aromatic nitrogens is 3. The van der Waals surface area contributed by atoms with Gasteiger partial charge in [0.15, 0.2) is 4.60 Å². The summed E-state index contributed by atoms with van der Waals surface area (Å²) in [7, 11) is 1.94. The Morgan fingerprint density at radius 3 is 2.79 bits per heavy atom. The highest BCUT2D eigenvalue weighted by Gasteiger charge is 2.35. The van der Waals surface area contributed by atoms with Gasteiger partial charge in [0.05, 0.1) is 11.7 Å². The quantitative estimate of drug-likeness (QED) is 0.893. The van der Waals surface area contributed by atoms with E-state index < -0.39 is 0 Å². The molecule has 0 aromatic carbocycles. The van der Waals surface area contributed by atoms with E-state index in [0.717, 1.165) is 17.1 Å². The largest absolute Gasteiger partial charge is 0.309 e. The molecule has 2 rings (SSSR count). The van der Waals surface area contributed by atoms with Gasteiger partial charge in [-0.25, -0.2) is 4.68 Å². The van der Waals surface area contributed by atoms with Gasteiger partial charge in [-0.1, -0.05) is 12.1 Å². The molecule has 0 aliphatic heterocycles. The lowest BCUT2D eigenvalue weighted by Crippen LogP contribution is -2.25. The van der Waals surface area contributed by atoms with E-state index in [1.807, 2.05) is 11.7 Å². The molecule has 5 heteroatoms. The van der Waals surface area contributed by atoms with Gasteiger partial charge in [-0.05, 0) is 41.2 Å². The predicted octanol–water partition coefficient (Wildman–Crippen LogP) is 1.64. The van der Waals surface area contributed by atoms with Gasteiger partial charge in [-0.15, -0.1) is 5.10 Å². The van der Waals surface area contributed by atoms with Crippen molar-refractivity contribution in [2.75, 3.05) is 6.54 Å². The fourth-order valence-corrected chi connectivity index (χ4v) is 2.38. The lowest BCUT2D eigenvalue weighted by molar-refractivity contribution is 0.460. The third-order valence-electron chi connectivity index (χ3n) is 2.64. The second-order valence-corrected chi connectivity index (χ2v) is 4.51. The lowest BCUT2D eigenvalue weighted by atomic mass is 10.1. The van der Waals surface area contributed by atoms with Crippen LogP contribution in [0.2, 0.25) is 0 Å². The number of hydrogen-bond donors (Lipinski definition) is 1. The Morgan fingerprint density at radius 2 is 2.36 bits per heavy atom. The molecule has 1 aliphatic carbocycles. The Bertz CT molecular complexity index is 299. The van der Waals surface area contributed by atoms with Crippen LogP contribution in [-0.4, -0.2) is 21.5 Å². The van der Waals surface area contributed by atoms with E-state index in [2.05, 4.69) is 38.5 Å². The second-order valence-electron chi connectivity index (χ2n) is 3.76. The smallest absolute Gasteiger partial charge is 0.153 e. The molecule has 1 N–H and O–H groups in total. The van der Waals surface area contributed by atoms with Crippen molar-refractivity contribution >= 4 is 15.9 Å². The molecule has 1 unspecified atom stereocenters. The molecule has 0 amide bonds. The molecular weight excluding hydrogens is 244 g/mol. The first-order chi connectivity index (χ1) is 6.74. The van der Waals surface area contributed by atoms with Crippen molar-refractivity contribution in [2.24, 2.45) is 13.0 Å². The fourth-order valence-electron chi connectivity index (χ4n) is 1.80. The van der Waals surface area contributed by atoms with Gasteiger partial charge in [0.1, 0.15) is 0 Å². The summed E-state index contributed by atoms with van der Waals surface area (Å²) in [6, 6.07) is 0.411. The number of halogens is 1. The van der Waals surface area contributed by atoms with Crippen LogP contribution in [0.1, 0.15) is 31.5 Å². The fraction of sp³-hybridized carbons (Fsp3) is 0.778. The minimum atomic E-state index is 0.411. The molecule has 0 bridgehead atoms. The molecule has 1 aromatic heterocycles. The van der Waals surface area contributed by atoms with Crippen LogP contribution in [0.25, 0.3) is 0 Å². The average molecular weight is 259 g/mol. The monoisotopic (exact) mass is 258 g/mol. The number of nitrogens with one attached hydrogen (secondary N) is 1. The highest BCUT2D eigenvalue weighted by molar-refractivity contribution is 9.10. The zero-order valence-electron chi connectivity index (χ0n) is 8.50. The van der Waals surface area contributed by atoms with E-state index >= 15 is 0 Å². The summed E-state index contributed by atoms with van der Waals surface area (Å²) in [6.07, 6.45) is 2.63. The molecule has 0 radical (unpaired) electrons. The average Bonchev–Trinajstić information content (AvgIpc) is 2.92. The Morgan fingerprint density at radius 1 is 1.64 bits per heavy atom. The Hall–Kier alpha value is -0.420. The van der Waals surface area contributed by atoms with Crippen LogP contribution in [0.4, 0.5) is 0 Å². The summed E-state index contributed by atoms with van der Waals surface area (Å²) in [4.78, 5) is 0. The van der Waals surface area contributed by atoms with Crippen LogP contribution in [0.15, 0.2) is 4.60 Å². The first-order valence-corrected chi connectivity index (χ1v) is 5.81. The maximum Gasteiger partial charge on any atom is 0.153 e. The van der Waals surface area contributed by atoms with Gasteiger partial charge in [0.2, 0.25) is 0 Å².